The molecule has 18 heavy (non-hydrogen) atoms. The lowest BCUT2D eigenvalue weighted by Gasteiger charge is -2.15. The van der Waals surface area contributed by atoms with Crippen LogP contribution in [0.15, 0.2) is 18.2 Å². The molecule has 0 unspecified atom stereocenters. The third-order valence-electron chi connectivity index (χ3n) is 2.57. The van der Waals surface area contributed by atoms with E-state index in [0.29, 0.717) is 5.69 Å². The summed E-state index contributed by atoms with van der Waals surface area (Å²) in [5.41, 5.74) is 0.113. The van der Waals surface area contributed by atoms with Crippen LogP contribution < -0.4 is 5.32 Å². The van der Waals surface area contributed by atoms with E-state index in [9.17, 15) is 14.9 Å². The molecule has 6 heteroatoms. The van der Waals surface area contributed by atoms with E-state index in [-0.39, 0.29) is 17.3 Å². The van der Waals surface area contributed by atoms with Crippen LogP contribution in [0.4, 0.5) is 11.4 Å². The molecule has 0 saturated carbocycles. The van der Waals surface area contributed by atoms with Crippen LogP contribution in [0.25, 0.3) is 0 Å². The van der Waals surface area contributed by atoms with Gasteiger partial charge >= 0.3 is 5.97 Å². The lowest BCUT2D eigenvalue weighted by atomic mass is 10.1. The van der Waals surface area contributed by atoms with E-state index in [4.69, 9.17) is 5.11 Å². The van der Waals surface area contributed by atoms with Crippen LogP contribution in [0.2, 0.25) is 0 Å². The molecule has 0 radical (unpaired) electrons. The number of benzene rings is 1. The Labute approximate surface area is 105 Å². The van der Waals surface area contributed by atoms with Gasteiger partial charge in [-0.05, 0) is 19.4 Å². The summed E-state index contributed by atoms with van der Waals surface area (Å²) < 4.78 is 0. The van der Waals surface area contributed by atoms with Crippen LogP contribution in [0.3, 0.4) is 0 Å². The Balaban J connectivity index is 3.04. The Hall–Kier alpha value is -2.11. The first-order valence-corrected chi connectivity index (χ1v) is 5.74. The van der Waals surface area contributed by atoms with Gasteiger partial charge in [0.05, 0.1) is 10.5 Å². The van der Waals surface area contributed by atoms with Crippen molar-refractivity contribution < 1.29 is 14.8 Å². The number of anilines is 1. The Morgan fingerprint density at radius 2 is 2.22 bits per heavy atom. The number of carbonyl (C=O) groups is 1. The quantitative estimate of drug-likeness (QED) is 0.599. The Morgan fingerprint density at radius 3 is 2.72 bits per heavy atom. The van der Waals surface area contributed by atoms with Crippen LogP contribution in [0.5, 0.6) is 0 Å². The summed E-state index contributed by atoms with van der Waals surface area (Å²) in [5, 5.41) is 22.7. The van der Waals surface area contributed by atoms with Crippen molar-refractivity contribution in [2.45, 2.75) is 32.7 Å². The average molecular weight is 252 g/mol. The van der Waals surface area contributed by atoms with E-state index in [2.05, 4.69) is 5.32 Å². The van der Waals surface area contributed by atoms with Gasteiger partial charge in [-0.1, -0.05) is 13.3 Å². The Kier molecular flexibility index (Phi) is 4.65. The van der Waals surface area contributed by atoms with Gasteiger partial charge in [0, 0.05) is 23.9 Å². The molecule has 0 bridgehead atoms. The van der Waals surface area contributed by atoms with Crippen molar-refractivity contribution in [3.8, 4) is 0 Å². The Morgan fingerprint density at radius 1 is 1.56 bits per heavy atom. The molecule has 6 nitrogen and oxygen atoms in total. The maximum Gasteiger partial charge on any atom is 0.338 e. The number of rotatable bonds is 6. The van der Waals surface area contributed by atoms with Crippen molar-refractivity contribution in [1.29, 1.82) is 0 Å². The molecule has 0 heterocycles. The van der Waals surface area contributed by atoms with Crippen molar-refractivity contribution >= 4 is 17.3 Å². The molecule has 0 aliphatic carbocycles. The van der Waals surface area contributed by atoms with Crippen molar-refractivity contribution in [2.24, 2.45) is 0 Å². The summed E-state index contributed by atoms with van der Waals surface area (Å²) in [5.74, 6) is -1.18. The fourth-order valence-corrected chi connectivity index (χ4v) is 1.72. The van der Waals surface area contributed by atoms with Gasteiger partial charge in [-0.15, -0.1) is 0 Å². The van der Waals surface area contributed by atoms with Crippen molar-refractivity contribution in [3.63, 3.8) is 0 Å². The average Bonchev–Trinajstić information content (AvgIpc) is 2.29. The topological polar surface area (TPSA) is 92.5 Å². The maximum atomic E-state index is 11.1. The van der Waals surface area contributed by atoms with E-state index in [1.165, 1.54) is 12.1 Å². The SMILES string of the molecule is CCC[C@@H](C)Nc1ccc([N+](=O)[O-])cc1C(=O)O. The van der Waals surface area contributed by atoms with Crippen LogP contribution in [0.1, 0.15) is 37.0 Å². The minimum Gasteiger partial charge on any atom is -0.478 e. The fourth-order valence-electron chi connectivity index (χ4n) is 1.72. The summed E-state index contributed by atoms with van der Waals surface area (Å²) in [6.07, 6.45) is 1.87. The highest BCUT2D eigenvalue weighted by atomic mass is 16.6. The van der Waals surface area contributed by atoms with E-state index >= 15 is 0 Å². The predicted molar refractivity (Wildman–Crippen MR) is 68.0 cm³/mol. The summed E-state index contributed by atoms with van der Waals surface area (Å²) in [6.45, 7) is 3.97. The second-order valence-corrected chi connectivity index (χ2v) is 4.13. The van der Waals surface area contributed by atoms with Gasteiger partial charge in [-0.2, -0.15) is 0 Å². The van der Waals surface area contributed by atoms with E-state index in [0.717, 1.165) is 18.9 Å². The molecule has 0 spiro atoms. The largest absolute Gasteiger partial charge is 0.478 e. The molecule has 0 saturated heterocycles. The van der Waals surface area contributed by atoms with Crippen LogP contribution >= 0.6 is 0 Å². The minimum absolute atomic E-state index is 0.0767. The number of nitrogens with one attached hydrogen (secondary N) is 1. The maximum absolute atomic E-state index is 11.1. The smallest absolute Gasteiger partial charge is 0.338 e. The molecule has 1 atom stereocenters. The number of aromatic carboxylic acids is 1. The highest BCUT2D eigenvalue weighted by Gasteiger charge is 2.16. The molecule has 2 N–H and O–H groups in total. The Bertz CT molecular complexity index is 459. The zero-order chi connectivity index (χ0) is 13.7. The first-order valence-electron chi connectivity index (χ1n) is 5.74. The highest BCUT2D eigenvalue weighted by Crippen LogP contribution is 2.23. The van der Waals surface area contributed by atoms with E-state index in [1.54, 1.807) is 0 Å². The number of carboxylic acids is 1. The van der Waals surface area contributed by atoms with Crippen molar-refractivity contribution in [3.05, 3.63) is 33.9 Å². The molecular weight excluding hydrogens is 236 g/mol. The van der Waals surface area contributed by atoms with Gasteiger partial charge in [0.25, 0.3) is 5.69 Å². The van der Waals surface area contributed by atoms with Gasteiger partial charge in [0.15, 0.2) is 0 Å². The number of hydrogen-bond donors (Lipinski definition) is 2. The number of non-ortho nitro benzene ring substituents is 1. The third-order valence-corrected chi connectivity index (χ3v) is 2.57. The summed E-state index contributed by atoms with van der Waals surface area (Å²) in [7, 11) is 0. The second kappa shape index (κ2) is 6.00. The lowest BCUT2D eigenvalue weighted by molar-refractivity contribution is -0.384. The zero-order valence-electron chi connectivity index (χ0n) is 10.3. The lowest BCUT2D eigenvalue weighted by Crippen LogP contribution is -2.17. The fraction of sp³-hybridized carbons (Fsp3) is 0.417. The van der Waals surface area contributed by atoms with E-state index < -0.39 is 10.9 Å². The van der Waals surface area contributed by atoms with Gasteiger partial charge in [-0.3, -0.25) is 10.1 Å². The molecule has 0 aliphatic heterocycles. The molecular formula is C12H16N2O4. The van der Waals surface area contributed by atoms with E-state index in [1.807, 2.05) is 13.8 Å². The molecule has 0 amide bonds. The van der Waals surface area contributed by atoms with Crippen molar-refractivity contribution in [2.75, 3.05) is 5.32 Å². The minimum atomic E-state index is -1.18. The molecule has 0 aliphatic rings. The van der Waals surface area contributed by atoms with Crippen LogP contribution in [-0.4, -0.2) is 22.0 Å². The third kappa shape index (κ3) is 3.44. The molecule has 0 fully saturated rings. The number of nitro benzene ring substituents is 1. The van der Waals surface area contributed by atoms with Gasteiger partial charge in [0.2, 0.25) is 0 Å². The van der Waals surface area contributed by atoms with Gasteiger partial charge in [0.1, 0.15) is 0 Å². The van der Waals surface area contributed by atoms with Crippen LogP contribution in [-0.2, 0) is 0 Å². The molecule has 0 aromatic heterocycles. The molecule has 98 valence electrons. The van der Waals surface area contributed by atoms with Crippen molar-refractivity contribution in [1.82, 2.24) is 0 Å². The first kappa shape index (κ1) is 14.0. The first-order chi connectivity index (χ1) is 8.45. The predicted octanol–water partition coefficient (Wildman–Crippen LogP) is 2.89. The molecule has 1 aromatic rings. The number of nitrogens with zero attached hydrogens (tertiary/aromatic N) is 1. The number of carboxylic acid groups (broad SMARTS) is 1. The monoisotopic (exact) mass is 252 g/mol. The molecule has 1 rings (SSSR count). The van der Waals surface area contributed by atoms with Crippen LogP contribution in [0, 0.1) is 10.1 Å². The number of hydrogen-bond acceptors (Lipinski definition) is 4. The zero-order valence-corrected chi connectivity index (χ0v) is 10.3. The van der Waals surface area contributed by atoms with Gasteiger partial charge in [-0.25, -0.2) is 4.79 Å². The highest BCUT2D eigenvalue weighted by molar-refractivity contribution is 5.95. The summed E-state index contributed by atoms with van der Waals surface area (Å²) in [6, 6.07) is 3.93. The second-order valence-electron chi connectivity index (χ2n) is 4.13. The standard InChI is InChI=1S/C12H16N2O4/c1-3-4-8(2)13-11-6-5-9(14(17)18)7-10(11)12(15)16/h5-8,13H,3-4H2,1-2H3,(H,15,16)/t8-/m1/s1. The number of nitro groups is 1. The summed E-state index contributed by atoms with van der Waals surface area (Å²) >= 11 is 0. The summed E-state index contributed by atoms with van der Waals surface area (Å²) in [4.78, 5) is 21.1. The van der Waals surface area contributed by atoms with Gasteiger partial charge < -0.3 is 10.4 Å². The molecule has 1 aromatic carbocycles. The normalized spacial score (nSPS) is 11.9.